The van der Waals surface area contributed by atoms with Crippen molar-refractivity contribution in [1.82, 2.24) is 4.90 Å². The molecule has 2 bridgehead atoms. The molecule has 3 aliphatic rings. The number of nitrogens with zero attached hydrogens (tertiary/aromatic N) is 1. The summed E-state index contributed by atoms with van der Waals surface area (Å²) in [6.45, 7) is 14.2. The molecule has 6 atom stereocenters. The zero-order valence-electron chi connectivity index (χ0n) is 15.5. The van der Waals surface area contributed by atoms with Crippen LogP contribution in [-0.4, -0.2) is 60.7 Å². The van der Waals surface area contributed by atoms with E-state index in [2.05, 4.69) is 39.5 Å². The molecule has 1 heterocycles. The van der Waals surface area contributed by atoms with Crippen molar-refractivity contribution >= 4 is 0 Å². The molecule has 0 amide bonds. The van der Waals surface area contributed by atoms with Crippen LogP contribution in [-0.2, 0) is 9.47 Å². The number of aliphatic hydroxyl groups excluding tert-OH is 1. The second kappa shape index (κ2) is 6.29. The Morgan fingerprint density at radius 3 is 2.43 bits per heavy atom. The predicted octanol–water partition coefficient (Wildman–Crippen LogP) is 2.69. The number of fused-ring (bicyclic) bond motifs is 2. The molecule has 2 saturated carbocycles. The van der Waals surface area contributed by atoms with Crippen molar-refractivity contribution in [2.45, 2.75) is 78.3 Å². The number of ether oxygens (including phenoxy) is 2. The minimum atomic E-state index is -0.411. The quantitative estimate of drug-likeness (QED) is 0.844. The summed E-state index contributed by atoms with van der Waals surface area (Å²) in [4.78, 5) is 2.31. The van der Waals surface area contributed by atoms with E-state index in [1.165, 1.54) is 19.3 Å². The molecule has 4 heteroatoms. The molecule has 1 N–H and O–H groups in total. The average Bonchev–Trinajstić information content (AvgIpc) is 2.88. The Balaban J connectivity index is 1.50. The second-order valence-electron chi connectivity index (χ2n) is 9.26. The molecule has 3 rings (SSSR count). The molecule has 0 spiro atoms. The molecule has 0 aromatic rings. The van der Waals surface area contributed by atoms with E-state index in [0.717, 1.165) is 19.0 Å². The van der Waals surface area contributed by atoms with Gasteiger partial charge < -0.3 is 14.6 Å². The Kier molecular flexibility index (Phi) is 4.83. The van der Waals surface area contributed by atoms with Crippen molar-refractivity contribution < 1.29 is 14.6 Å². The van der Waals surface area contributed by atoms with E-state index < -0.39 is 6.10 Å². The molecule has 4 nitrogen and oxygen atoms in total. The minimum absolute atomic E-state index is 0.245. The number of β-amino-alcohol motifs (C(OH)–C–C–N with tert-alkyl or cyclic N) is 1. The largest absolute Gasteiger partial charge is 0.389 e. The van der Waals surface area contributed by atoms with Crippen LogP contribution in [0.4, 0.5) is 0 Å². The van der Waals surface area contributed by atoms with Gasteiger partial charge in [-0.15, -0.1) is 0 Å². The summed E-state index contributed by atoms with van der Waals surface area (Å²) in [5, 5.41) is 10.5. The van der Waals surface area contributed by atoms with Gasteiger partial charge in [-0.05, 0) is 49.9 Å². The third-order valence-electron chi connectivity index (χ3n) is 6.56. The predicted molar refractivity (Wildman–Crippen MR) is 91.4 cm³/mol. The third-order valence-corrected chi connectivity index (χ3v) is 6.56. The molecule has 1 aliphatic heterocycles. The van der Waals surface area contributed by atoms with E-state index in [1.807, 2.05) is 0 Å². The molecule has 134 valence electrons. The lowest BCUT2D eigenvalue weighted by Gasteiger charge is -2.43. The van der Waals surface area contributed by atoms with E-state index in [-0.39, 0.29) is 23.7 Å². The number of hydrogen-bond donors (Lipinski definition) is 1. The molecule has 3 fully saturated rings. The van der Waals surface area contributed by atoms with E-state index in [9.17, 15) is 5.11 Å². The fourth-order valence-electron chi connectivity index (χ4n) is 5.66. The molecule has 0 unspecified atom stereocenters. The van der Waals surface area contributed by atoms with Crippen molar-refractivity contribution in [3.05, 3.63) is 0 Å². The summed E-state index contributed by atoms with van der Waals surface area (Å²) >= 11 is 0. The lowest BCUT2D eigenvalue weighted by Crippen LogP contribution is -2.49. The van der Waals surface area contributed by atoms with Gasteiger partial charge in [0.25, 0.3) is 0 Å². The van der Waals surface area contributed by atoms with E-state index in [0.29, 0.717) is 18.6 Å². The van der Waals surface area contributed by atoms with E-state index in [1.54, 1.807) is 0 Å². The molecule has 23 heavy (non-hydrogen) atoms. The van der Waals surface area contributed by atoms with Gasteiger partial charge in [0.15, 0.2) is 0 Å². The topological polar surface area (TPSA) is 41.9 Å². The maximum Gasteiger partial charge on any atom is 0.0900 e. The van der Waals surface area contributed by atoms with Crippen molar-refractivity contribution in [2.24, 2.45) is 16.7 Å². The SMILES string of the molecule is C[C@@H]1CN(C[C@H](O)CO[C@@H]2C(C)(C)[C@H]3CC[C@@]2(C)C3)C[C@@H](C)O1. The minimum Gasteiger partial charge on any atom is -0.389 e. The van der Waals surface area contributed by atoms with Gasteiger partial charge in [0.05, 0.1) is 31.0 Å². The van der Waals surface area contributed by atoms with Gasteiger partial charge in [0.2, 0.25) is 0 Å². The normalized spacial score (nSPS) is 44.6. The highest BCUT2D eigenvalue weighted by Crippen LogP contribution is 2.63. The van der Waals surface area contributed by atoms with Crippen molar-refractivity contribution in [2.75, 3.05) is 26.2 Å². The maximum atomic E-state index is 10.5. The standard InChI is InChI=1S/C19H35NO3/c1-13-9-20(10-14(2)23-13)11-16(21)12-22-17-18(3,4)15-6-7-19(17,5)8-15/h13-17,21H,6-12H2,1-5H3/t13-,14-,15+,16+,17-,19+/m1/s1. The van der Waals surface area contributed by atoms with Gasteiger partial charge in [-0.2, -0.15) is 0 Å². The summed E-state index contributed by atoms with van der Waals surface area (Å²) in [5.41, 5.74) is 0.560. The molecular weight excluding hydrogens is 290 g/mol. The first-order valence-corrected chi connectivity index (χ1v) is 9.38. The first-order chi connectivity index (χ1) is 10.7. The van der Waals surface area contributed by atoms with Crippen LogP contribution in [0.5, 0.6) is 0 Å². The highest BCUT2D eigenvalue weighted by molar-refractivity contribution is 5.09. The van der Waals surface area contributed by atoms with E-state index in [4.69, 9.17) is 9.47 Å². The molecule has 0 aromatic carbocycles. The Morgan fingerprint density at radius 1 is 1.22 bits per heavy atom. The van der Waals surface area contributed by atoms with Gasteiger partial charge in [-0.1, -0.05) is 20.8 Å². The van der Waals surface area contributed by atoms with Crippen molar-refractivity contribution in [3.8, 4) is 0 Å². The molecule has 1 saturated heterocycles. The number of morpholine rings is 1. The van der Waals surface area contributed by atoms with Crippen molar-refractivity contribution in [1.29, 1.82) is 0 Å². The Hall–Kier alpha value is -0.160. The molecule has 0 aromatic heterocycles. The lowest BCUT2D eigenvalue weighted by atomic mass is 9.70. The van der Waals surface area contributed by atoms with Gasteiger partial charge in [-0.25, -0.2) is 0 Å². The van der Waals surface area contributed by atoms with Crippen LogP contribution in [0, 0.1) is 16.7 Å². The Morgan fingerprint density at radius 2 is 1.87 bits per heavy atom. The maximum absolute atomic E-state index is 10.5. The number of rotatable bonds is 5. The first-order valence-electron chi connectivity index (χ1n) is 9.38. The zero-order chi connectivity index (χ0) is 16.8. The van der Waals surface area contributed by atoms with Crippen LogP contribution in [0.2, 0.25) is 0 Å². The fourth-order valence-corrected chi connectivity index (χ4v) is 5.66. The number of hydrogen-bond acceptors (Lipinski definition) is 4. The summed E-state index contributed by atoms with van der Waals surface area (Å²) in [6, 6.07) is 0. The van der Waals surface area contributed by atoms with Gasteiger partial charge in [0, 0.05) is 19.6 Å². The first kappa shape index (κ1) is 17.7. The smallest absolute Gasteiger partial charge is 0.0900 e. The molecular formula is C19H35NO3. The third kappa shape index (κ3) is 3.46. The Labute approximate surface area is 141 Å². The number of aliphatic hydroxyl groups is 1. The second-order valence-corrected chi connectivity index (χ2v) is 9.26. The van der Waals surface area contributed by atoms with Crippen LogP contribution in [0.1, 0.15) is 53.9 Å². The molecule has 2 aliphatic carbocycles. The lowest BCUT2D eigenvalue weighted by molar-refractivity contribution is -0.121. The Bertz CT molecular complexity index is 412. The van der Waals surface area contributed by atoms with Gasteiger partial charge >= 0.3 is 0 Å². The summed E-state index contributed by atoms with van der Waals surface area (Å²) in [6.07, 6.45) is 4.28. The zero-order valence-corrected chi connectivity index (χ0v) is 15.5. The van der Waals surface area contributed by atoms with Crippen molar-refractivity contribution in [3.63, 3.8) is 0 Å². The van der Waals surface area contributed by atoms with Crippen LogP contribution in [0.25, 0.3) is 0 Å². The highest BCUT2D eigenvalue weighted by Gasteiger charge is 2.60. The van der Waals surface area contributed by atoms with Crippen LogP contribution in [0.3, 0.4) is 0 Å². The molecule has 0 radical (unpaired) electrons. The van der Waals surface area contributed by atoms with Crippen LogP contribution < -0.4 is 0 Å². The van der Waals surface area contributed by atoms with Crippen LogP contribution in [0.15, 0.2) is 0 Å². The van der Waals surface area contributed by atoms with Gasteiger partial charge in [0.1, 0.15) is 0 Å². The summed E-state index contributed by atoms with van der Waals surface area (Å²) in [5.74, 6) is 0.788. The monoisotopic (exact) mass is 325 g/mol. The average molecular weight is 325 g/mol. The van der Waals surface area contributed by atoms with Gasteiger partial charge in [-0.3, -0.25) is 4.90 Å². The summed E-state index contributed by atoms with van der Waals surface area (Å²) in [7, 11) is 0. The highest BCUT2D eigenvalue weighted by atomic mass is 16.5. The van der Waals surface area contributed by atoms with Crippen LogP contribution >= 0.6 is 0 Å². The van der Waals surface area contributed by atoms with E-state index >= 15 is 0 Å². The summed E-state index contributed by atoms with van der Waals surface area (Å²) < 4.78 is 12.1. The fraction of sp³-hybridized carbons (Fsp3) is 1.00.